The fraction of sp³-hybridized carbons (Fsp3) is 0.500. The Hall–Kier alpha value is -0.960. The molecule has 0 bridgehead atoms. The second-order valence-corrected chi connectivity index (χ2v) is 4.82. The molecule has 0 aliphatic rings. The highest BCUT2D eigenvalue weighted by molar-refractivity contribution is 6.30. The van der Waals surface area contributed by atoms with E-state index in [1.807, 2.05) is 0 Å². The summed E-state index contributed by atoms with van der Waals surface area (Å²) in [5.74, 6) is 0.418. The van der Waals surface area contributed by atoms with Gasteiger partial charge in [-0.1, -0.05) is 11.6 Å². The maximum atomic E-state index is 13.5. The maximum absolute atomic E-state index is 13.5. The van der Waals surface area contributed by atoms with Gasteiger partial charge in [-0.25, -0.2) is 13.2 Å². The van der Waals surface area contributed by atoms with Crippen molar-refractivity contribution >= 4 is 11.6 Å². The zero-order valence-corrected chi connectivity index (χ0v) is 11.5. The second kappa shape index (κ2) is 7.88. The number of rotatable bonds is 8. The summed E-state index contributed by atoms with van der Waals surface area (Å²) < 4.78 is 67.2. The fourth-order valence-electron chi connectivity index (χ4n) is 1.53. The van der Waals surface area contributed by atoms with Gasteiger partial charge >= 0.3 is 12.3 Å². The van der Waals surface area contributed by atoms with Crippen LogP contribution in [0.5, 0.6) is 0 Å². The Morgan fingerprint density at radius 2 is 2.00 bits per heavy atom. The van der Waals surface area contributed by atoms with Gasteiger partial charge in [0.25, 0.3) is 0 Å². The SMILES string of the molecule is NNC(COCC(F)(F)C(F)F)Cc1cc(Cl)ccc1F. The molecule has 1 atom stereocenters. The van der Waals surface area contributed by atoms with E-state index in [0.717, 1.165) is 6.07 Å². The third kappa shape index (κ3) is 5.74. The molecule has 0 spiro atoms. The van der Waals surface area contributed by atoms with Gasteiger partial charge in [0.15, 0.2) is 0 Å². The van der Waals surface area contributed by atoms with Crippen molar-refractivity contribution < 1.29 is 26.7 Å². The van der Waals surface area contributed by atoms with Gasteiger partial charge in [0, 0.05) is 11.1 Å². The number of ether oxygens (including phenoxy) is 1. The molecule has 1 unspecified atom stereocenters. The largest absolute Gasteiger partial charge is 0.373 e. The van der Waals surface area contributed by atoms with Crippen molar-refractivity contribution in [1.29, 1.82) is 0 Å². The lowest BCUT2D eigenvalue weighted by molar-refractivity contribution is -0.167. The van der Waals surface area contributed by atoms with E-state index in [2.05, 4.69) is 10.2 Å². The molecule has 3 nitrogen and oxygen atoms in total. The van der Waals surface area contributed by atoms with Crippen molar-refractivity contribution in [2.75, 3.05) is 13.2 Å². The minimum absolute atomic E-state index is 0.00312. The van der Waals surface area contributed by atoms with E-state index in [0.29, 0.717) is 5.02 Å². The molecule has 0 aromatic heterocycles. The molecule has 0 aliphatic heterocycles. The van der Waals surface area contributed by atoms with E-state index in [9.17, 15) is 22.0 Å². The predicted molar refractivity (Wildman–Crippen MR) is 68.0 cm³/mol. The van der Waals surface area contributed by atoms with Crippen molar-refractivity contribution in [3.05, 3.63) is 34.6 Å². The molecule has 3 N–H and O–H groups in total. The summed E-state index contributed by atoms with van der Waals surface area (Å²) in [7, 11) is 0. The Balaban J connectivity index is 2.54. The molecule has 0 amide bonds. The van der Waals surface area contributed by atoms with E-state index >= 15 is 0 Å². The molecule has 0 aliphatic carbocycles. The Labute approximate surface area is 123 Å². The van der Waals surface area contributed by atoms with Crippen LogP contribution in [0.1, 0.15) is 5.56 Å². The van der Waals surface area contributed by atoms with Gasteiger partial charge in [-0.3, -0.25) is 11.3 Å². The third-order valence-corrected chi connectivity index (χ3v) is 2.88. The minimum atomic E-state index is -4.24. The summed E-state index contributed by atoms with van der Waals surface area (Å²) in [6.45, 7) is -1.83. The molecule has 0 radical (unpaired) electrons. The van der Waals surface area contributed by atoms with E-state index in [4.69, 9.17) is 17.4 Å². The zero-order valence-electron chi connectivity index (χ0n) is 10.8. The molecule has 1 aromatic carbocycles. The van der Waals surface area contributed by atoms with Crippen LogP contribution in [0, 0.1) is 5.82 Å². The maximum Gasteiger partial charge on any atom is 0.330 e. The molecular weight excluding hydrogens is 319 g/mol. The normalized spacial score (nSPS) is 13.7. The Kier molecular flexibility index (Phi) is 6.79. The predicted octanol–water partition coefficient (Wildman–Crippen LogP) is 2.77. The van der Waals surface area contributed by atoms with Crippen molar-refractivity contribution in [2.45, 2.75) is 24.8 Å². The van der Waals surface area contributed by atoms with E-state index in [1.54, 1.807) is 0 Å². The topological polar surface area (TPSA) is 47.3 Å². The van der Waals surface area contributed by atoms with Gasteiger partial charge in [0.05, 0.1) is 6.61 Å². The number of hydrogen-bond acceptors (Lipinski definition) is 3. The highest BCUT2D eigenvalue weighted by Crippen LogP contribution is 2.23. The van der Waals surface area contributed by atoms with Gasteiger partial charge in [0.1, 0.15) is 12.4 Å². The Morgan fingerprint density at radius 1 is 1.33 bits per heavy atom. The molecule has 0 saturated heterocycles. The number of hydrogen-bond donors (Lipinski definition) is 2. The van der Waals surface area contributed by atoms with Crippen LogP contribution in [0.15, 0.2) is 18.2 Å². The van der Waals surface area contributed by atoms with Crippen LogP contribution in [0.25, 0.3) is 0 Å². The summed E-state index contributed by atoms with van der Waals surface area (Å²) in [6, 6.07) is 3.13. The molecule has 0 heterocycles. The highest BCUT2D eigenvalue weighted by Gasteiger charge is 2.41. The first-order valence-corrected chi connectivity index (χ1v) is 6.28. The standard InChI is InChI=1S/C12H14ClF5N2O/c13-8-1-2-10(14)7(3-8)4-9(20-19)5-21-6-12(17,18)11(15)16/h1-3,9,11,20H,4-6,19H2. The van der Waals surface area contributed by atoms with Crippen molar-refractivity contribution in [1.82, 2.24) is 5.43 Å². The van der Waals surface area contributed by atoms with Crippen LogP contribution >= 0.6 is 11.6 Å². The first kappa shape index (κ1) is 18.1. The number of halogens is 6. The van der Waals surface area contributed by atoms with Crippen LogP contribution in [0.3, 0.4) is 0 Å². The van der Waals surface area contributed by atoms with Gasteiger partial charge in [-0.05, 0) is 30.2 Å². The van der Waals surface area contributed by atoms with Crippen LogP contribution in [0.4, 0.5) is 22.0 Å². The lowest BCUT2D eigenvalue weighted by Crippen LogP contribution is -2.42. The summed E-state index contributed by atoms with van der Waals surface area (Å²) in [6.07, 6.45) is -3.81. The third-order valence-electron chi connectivity index (χ3n) is 2.64. The van der Waals surface area contributed by atoms with Crippen LogP contribution < -0.4 is 11.3 Å². The number of hydrazine groups is 1. The Morgan fingerprint density at radius 3 is 2.57 bits per heavy atom. The lowest BCUT2D eigenvalue weighted by atomic mass is 10.1. The fourth-order valence-corrected chi connectivity index (χ4v) is 1.73. The van der Waals surface area contributed by atoms with Gasteiger partial charge in [-0.2, -0.15) is 8.78 Å². The van der Waals surface area contributed by atoms with Crippen LogP contribution in [0.2, 0.25) is 5.02 Å². The second-order valence-electron chi connectivity index (χ2n) is 4.38. The highest BCUT2D eigenvalue weighted by atomic mass is 35.5. The van der Waals surface area contributed by atoms with Crippen LogP contribution in [-0.2, 0) is 11.2 Å². The van der Waals surface area contributed by atoms with Crippen LogP contribution in [-0.4, -0.2) is 31.6 Å². The molecule has 0 saturated carbocycles. The summed E-state index contributed by atoms with van der Waals surface area (Å²) in [4.78, 5) is 0. The first-order chi connectivity index (χ1) is 9.76. The molecule has 0 fully saturated rings. The average molecular weight is 333 g/mol. The average Bonchev–Trinajstić information content (AvgIpc) is 2.41. The first-order valence-electron chi connectivity index (χ1n) is 5.90. The van der Waals surface area contributed by atoms with Crippen molar-refractivity contribution in [3.63, 3.8) is 0 Å². The number of nitrogens with two attached hydrogens (primary N) is 1. The summed E-state index contributed by atoms with van der Waals surface area (Å²) in [5, 5.41) is 0.298. The quantitative estimate of drug-likeness (QED) is 0.437. The van der Waals surface area contributed by atoms with Crippen molar-refractivity contribution in [2.24, 2.45) is 5.84 Å². The minimum Gasteiger partial charge on any atom is -0.373 e. The lowest BCUT2D eigenvalue weighted by Gasteiger charge is -2.19. The molecule has 120 valence electrons. The molecule has 21 heavy (non-hydrogen) atoms. The summed E-state index contributed by atoms with van der Waals surface area (Å²) >= 11 is 5.71. The van der Waals surface area contributed by atoms with Gasteiger partial charge in [0.2, 0.25) is 0 Å². The molecule has 1 aromatic rings. The van der Waals surface area contributed by atoms with Crippen molar-refractivity contribution in [3.8, 4) is 0 Å². The Bertz CT molecular complexity index is 461. The smallest absolute Gasteiger partial charge is 0.330 e. The van der Waals surface area contributed by atoms with E-state index in [1.165, 1.54) is 12.1 Å². The molecule has 1 rings (SSSR count). The number of benzene rings is 1. The number of nitrogens with one attached hydrogen (secondary N) is 1. The monoisotopic (exact) mass is 332 g/mol. The number of alkyl halides is 4. The van der Waals surface area contributed by atoms with Gasteiger partial charge in [-0.15, -0.1) is 0 Å². The molecule has 9 heteroatoms. The van der Waals surface area contributed by atoms with E-state index in [-0.39, 0.29) is 18.6 Å². The summed E-state index contributed by atoms with van der Waals surface area (Å²) in [5.41, 5.74) is 2.45. The van der Waals surface area contributed by atoms with E-state index < -0.39 is 30.8 Å². The van der Waals surface area contributed by atoms with Gasteiger partial charge < -0.3 is 4.74 Å². The zero-order chi connectivity index (χ0) is 16.0. The molecular formula is C12H14ClF5N2O.